The van der Waals surface area contributed by atoms with Crippen LogP contribution in [0.5, 0.6) is 0 Å². The van der Waals surface area contributed by atoms with Gasteiger partial charge < -0.3 is 0 Å². The summed E-state index contributed by atoms with van der Waals surface area (Å²) in [5.41, 5.74) is 0. The second-order valence-corrected chi connectivity index (χ2v) is 5.88. The molecule has 0 amide bonds. The van der Waals surface area contributed by atoms with E-state index >= 15 is 0 Å². The fourth-order valence-corrected chi connectivity index (χ4v) is 3.71. The number of rotatable bonds is 2. The Kier molecular flexibility index (Phi) is 3.32. The topological polar surface area (TPSA) is 0 Å². The molecule has 0 N–H and O–H groups in total. The first kappa shape index (κ1) is 9.15. The summed E-state index contributed by atoms with van der Waals surface area (Å²) in [5, 5.41) is 0. The van der Waals surface area contributed by atoms with E-state index in [9.17, 15) is 0 Å². The van der Waals surface area contributed by atoms with E-state index in [0.29, 0.717) is 17.1 Å². The molecular formula is C12H14Ru. The van der Waals surface area contributed by atoms with E-state index in [2.05, 4.69) is 36.5 Å². The molecule has 2 rings (SSSR count). The first-order chi connectivity index (χ1) is 6.45. The van der Waals surface area contributed by atoms with Gasteiger partial charge in [-0.15, -0.1) is 0 Å². The van der Waals surface area contributed by atoms with Gasteiger partial charge in [0, 0.05) is 0 Å². The molecule has 2 aliphatic carbocycles. The minimum atomic E-state index is 0.384. The molecule has 0 saturated heterocycles. The van der Waals surface area contributed by atoms with Crippen molar-refractivity contribution >= 4 is 0 Å². The number of hydrogen-bond donors (Lipinski definition) is 0. The fraction of sp³-hybridized carbons (Fsp3) is 0.333. The maximum atomic E-state index is 2.32. The van der Waals surface area contributed by atoms with Gasteiger partial charge in [0.25, 0.3) is 0 Å². The van der Waals surface area contributed by atoms with Crippen LogP contribution in [0.1, 0.15) is 25.7 Å². The Labute approximate surface area is 87.7 Å². The molecule has 0 spiro atoms. The summed E-state index contributed by atoms with van der Waals surface area (Å²) in [7, 11) is 0. The Morgan fingerprint density at radius 3 is 1.77 bits per heavy atom. The van der Waals surface area contributed by atoms with Gasteiger partial charge in [-0.2, -0.15) is 0 Å². The summed E-state index contributed by atoms with van der Waals surface area (Å²) in [6.45, 7) is 0. The molecule has 2 aliphatic rings. The van der Waals surface area contributed by atoms with Gasteiger partial charge in [0.15, 0.2) is 0 Å². The molecule has 0 bridgehead atoms. The third-order valence-electron chi connectivity index (χ3n) is 2.13. The van der Waals surface area contributed by atoms with Gasteiger partial charge in [-0.3, -0.25) is 0 Å². The molecule has 0 atom stereocenters. The zero-order valence-electron chi connectivity index (χ0n) is 7.65. The van der Waals surface area contributed by atoms with Gasteiger partial charge in [-0.25, -0.2) is 0 Å². The molecule has 0 radical (unpaired) electrons. The molecule has 0 fully saturated rings. The van der Waals surface area contributed by atoms with Gasteiger partial charge >= 0.3 is 87.6 Å². The van der Waals surface area contributed by atoms with E-state index < -0.39 is 0 Å². The SMILES string of the molecule is C1=CCC[C]([Ru][C]2=CC=CCC2)=C1. The van der Waals surface area contributed by atoms with Crippen LogP contribution in [0.3, 0.4) is 0 Å². The van der Waals surface area contributed by atoms with Crippen LogP contribution in [-0.4, -0.2) is 0 Å². The van der Waals surface area contributed by atoms with Crippen molar-refractivity contribution in [1.82, 2.24) is 0 Å². The van der Waals surface area contributed by atoms with Crippen molar-refractivity contribution in [3.8, 4) is 0 Å². The van der Waals surface area contributed by atoms with E-state index in [1.807, 2.05) is 0 Å². The van der Waals surface area contributed by atoms with Crippen LogP contribution in [0.15, 0.2) is 44.8 Å². The summed E-state index contributed by atoms with van der Waals surface area (Å²) in [6, 6.07) is 0. The van der Waals surface area contributed by atoms with Crippen LogP contribution in [0.2, 0.25) is 0 Å². The quantitative estimate of drug-likeness (QED) is 0.665. The molecular weight excluding hydrogens is 245 g/mol. The molecule has 1 heteroatoms. The summed E-state index contributed by atoms with van der Waals surface area (Å²) >= 11 is 0.384. The Morgan fingerprint density at radius 1 is 0.846 bits per heavy atom. The zero-order valence-corrected chi connectivity index (χ0v) is 9.38. The van der Waals surface area contributed by atoms with Crippen LogP contribution in [0, 0.1) is 0 Å². The van der Waals surface area contributed by atoms with Crippen LogP contribution in [0.4, 0.5) is 0 Å². The Balaban J connectivity index is 1.96. The molecule has 13 heavy (non-hydrogen) atoms. The summed E-state index contributed by atoms with van der Waals surface area (Å²) < 4.78 is 3.38. The molecule has 0 aliphatic heterocycles. The van der Waals surface area contributed by atoms with Gasteiger partial charge in [-0.1, -0.05) is 0 Å². The predicted molar refractivity (Wildman–Crippen MR) is 52.9 cm³/mol. The second-order valence-electron chi connectivity index (χ2n) is 3.22. The normalized spacial score (nSPS) is 21.5. The first-order valence-electron chi connectivity index (χ1n) is 4.79. The molecule has 0 saturated carbocycles. The summed E-state index contributed by atoms with van der Waals surface area (Å²) in [4.78, 5) is 0. The van der Waals surface area contributed by atoms with E-state index in [0.717, 1.165) is 0 Å². The third kappa shape index (κ3) is 2.77. The predicted octanol–water partition coefficient (Wildman–Crippen LogP) is 3.54. The Bertz CT molecular complexity index is 262. The van der Waals surface area contributed by atoms with Crippen molar-refractivity contribution in [3.63, 3.8) is 0 Å². The van der Waals surface area contributed by atoms with Gasteiger partial charge in [0.2, 0.25) is 0 Å². The Hall–Kier alpha value is -0.417. The molecule has 0 aromatic heterocycles. The maximum absolute atomic E-state index is 2.32. The first-order valence-corrected chi connectivity index (χ1v) is 6.53. The van der Waals surface area contributed by atoms with Gasteiger partial charge in [0.05, 0.1) is 0 Å². The standard InChI is InChI=1S/2C6H7.Ru/c2*1-2-4-6-5-3-1;/h2*1-3H,4,6H2;. The minimum absolute atomic E-state index is 0.384. The molecule has 0 aromatic carbocycles. The molecule has 0 aromatic rings. The summed E-state index contributed by atoms with van der Waals surface area (Å²) in [5.74, 6) is 0. The molecule has 70 valence electrons. The average molecular weight is 259 g/mol. The van der Waals surface area contributed by atoms with Crippen LogP contribution in [-0.2, 0) is 17.1 Å². The van der Waals surface area contributed by atoms with Crippen molar-refractivity contribution in [1.29, 1.82) is 0 Å². The van der Waals surface area contributed by atoms with Crippen LogP contribution >= 0.6 is 0 Å². The third-order valence-corrected chi connectivity index (χ3v) is 4.70. The number of hydrogen-bond acceptors (Lipinski definition) is 0. The average Bonchev–Trinajstić information content (AvgIpc) is 2.21. The van der Waals surface area contributed by atoms with E-state index in [1.165, 1.54) is 25.7 Å². The molecule has 0 unspecified atom stereocenters. The molecule has 0 heterocycles. The van der Waals surface area contributed by atoms with Crippen molar-refractivity contribution in [3.05, 3.63) is 44.8 Å². The fourth-order valence-electron chi connectivity index (χ4n) is 1.43. The van der Waals surface area contributed by atoms with E-state index in [1.54, 1.807) is 8.33 Å². The Morgan fingerprint density at radius 2 is 1.38 bits per heavy atom. The van der Waals surface area contributed by atoms with Crippen LogP contribution < -0.4 is 0 Å². The van der Waals surface area contributed by atoms with E-state index in [4.69, 9.17) is 0 Å². The van der Waals surface area contributed by atoms with Crippen molar-refractivity contribution < 1.29 is 17.1 Å². The van der Waals surface area contributed by atoms with Crippen molar-refractivity contribution in [2.75, 3.05) is 0 Å². The van der Waals surface area contributed by atoms with E-state index in [-0.39, 0.29) is 0 Å². The molecule has 0 nitrogen and oxygen atoms in total. The number of allylic oxidation sites excluding steroid dienone is 8. The van der Waals surface area contributed by atoms with Crippen LogP contribution in [0.25, 0.3) is 0 Å². The second kappa shape index (κ2) is 4.72. The zero-order chi connectivity index (χ0) is 8.93. The van der Waals surface area contributed by atoms with Gasteiger partial charge in [-0.05, 0) is 0 Å². The van der Waals surface area contributed by atoms with Gasteiger partial charge in [0.1, 0.15) is 0 Å². The van der Waals surface area contributed by atoms with Crippen molar-refractivity contribution in [2.45, 2.75) is 25.7 Å². The summed E-state index contributed by atoms with van der Waals surface area (Å²) in [6.07, 6.45) is 18.7. The van der Waals surface area contributed by atoms with Crippen molar-refractivity contribution in [2.24, 2.45) is 0 Å². The monoisotopic (exact) mass is 260 g/mol.